The number of rotatable bonds is 8. The Morgan fingerprint density at radius 2 is 1.75 bits per heavy atom. The SMILES string of the molecule is CCCCN(CP(=O)(O)O)C(=O)N1Cc2ccccc2C[C@H]1C(=O)OCc1ccccc1. The van der Waals surface area contributed by atoms with Gasteiger partial charge in [-0.05, 0) is 23.1 Å². The van der Waals surface area contributed by atoms with Crippen LogP contribution in [0.5, 0.6) is 0 Å². The average Bonchev–Trinajstić information content (AvgIpc) is 2.78. The minimum atomic E-state index is -4.47. The summed E-state index contributed by atoms with van der Waals surface area (Å²) >= 11 is 0. The number of hydrogen-bond donors (Lipinski definition) is 2. The lowest BCUT2D eigenvalue weighted by molar-refractivity contribution is -0.151. The zero-order valence-corrected chi connectivity index (χ0v) is 19.0. The number of unbranched alkanes of at least 4 members (excludes halogenated alkanes) is 1. The van der Waals surface area contributed by atoms with E-state index in [4.69, 9.17) is 4.74 Å². The normalized spacial score (nSPS) is 15.7. The highest BCUT2D eigenvalue weighted by Gasteiger charge is 2.38. The van der Waals surface area contributed by atoms with Gasteiger partial charge in [0.25, 0.3) is 0 Å². The van der Waals surface area contributed by atoms with Crippen molar-refractivity contribution in [2.24, 2.45) is 0 Å². The third kappa shape index (κ3) is 6.42. The Morgan fingerprint density at radius 1 is 1.09 bits per heavy atom. The van der Waals surface area contributed by atoms with E-state index in [1.807, 2.05) is 61.5 Å². The minimum absolute atomic E-state index is 0.0852. The predicted octanol–water partition coefficient (Wildman–Crippen LogP) is 3.51. The number of hydrogen-bond acceptors (Lipinski definition) is 4. The number of urea groups is 1. The van der Waals surface area contributed by atoms with E-state index in [2.05, 4.69) is 0 Å². The number of benzene rings is 2. The van der Waals surface area contributed by atoms with Crippen LogP contribution in [0.3, 0.4) is 0 Å². The van der Waals surface area contributed by atoms with Crippen molar-refractivity contribution in [2.75, 3.05) is 12.8 Å². The quantitative estimate of drug-likeness (QED) is 0.461. The van der Waals surface area contributed by atoms with E-state index in [0.717, 1.165) is 28.0 Å². The summed E-state index contributed by atoms with van der Waals surface area (Å²) in [5.74, 6) is -0.539. The van der Waals surface area contributed by atoms with Gasteiger partial charge in [0.05, 0.1) is 0 Å². The topological polar surface area (TPSA) is 107 Å². The Labute approximate surface area is 188 Å². The first-order valence-electron chi connectivity index (χ1n) is 10.7. The minimum Gasteiger partial charge on any atom is -0.459 e. The third-order valence-corrected chi connectivity index (χ3v) is 6.11. The number of esters is 1. The van der Waals surface area contributed by atoms with Gasteiger partial charge in [0.15, 0.2) is 0 Å². The Balaban J connectivity index is 1.83. The standard InChI is InChI=1S/C23H29N2O6P/c1-2-3-13-24(17-32(28,29)30)23(27)25-15-20-12-8-7-11-19(20)14-21(25)22(26)31-16-18-9-5-4-6-10-18/h4-12,21H,2-3,13-17H2,1H3,(H2,28,29,30)/t21-/m0/s1. The summed E-state index contributed by atoms with van der Waals surface area (Å²) in [5.41, 5.74) is 2.69. The molecule has 0 bridgehead atoms. The highest BCUT2D eigenvalue weighted by atomic mass is 31.2. The second kappa shape index (κ2) is 10.8. The first kappa shape index (κ1) is 24.0. The molecule has 0 saturated heterocycles. The Hall–Kier alpha value is -2.67. The van der Waals surface area contributed by atoms with Crippen LogP contribution in [0.25, 0.3) is 0 Å². The van der Waals surface area contributed by atoms with Crippen LogP contribution < -0.4 is 0 Å². The lowest BCUT2D eigenvalue weighted by Gasteiger charge is -2.38. The smallest absolute Gasteiger partial charge is 0.344 e. The molecule has 0 radical (unpaired) electrons. The van der Waals surface area contributed by atoms with E-state index in [1.165, 1.54) is 4.90 Å². The number of carbonyl (C=O) groups excluding carboxylic acids is 2. The molecule has 1 aliphatic heterocycles. The molecule has 1 atom stereocenters. The highest BCUT2D eigenvalue weighted by Crippen LogP contribution is 2.36. The maximum absolute atomic E-state index is 13.4. The monoisotopic (exact) mass is 460 g/mol. The largest absolute Gasteiger partial charge is 0.459 e. The van der Waals surface area contributed by atoms with E-state index in [0.29, 0.717) is 6.42 Å². The van der Waals surface area contributed by atoms with E-state index in [-0.39, 0.29) is 26.1 Å². The lowest BCUT2D eigenvalue weighted by Crippen LogP contribution is -2.54. The van der Waals surface area contributed by atoms with Crippen LogP contribution >= 0.6 is 7.60 Å². The molecular weight excluding hydrogens is 431 g/mol. The Bertz CT molecular complexity index is 977. The fraction of sp³-hybridized carbons (Fsp3) is 0.391. The summed E-state index contributed by atoms with van der Waals surface area (Å²) in [4.78, 5) is 47.9. The highest BCUT2D eigenvalue weighted by molar-refractivity contribution is 7.51. The predicted molar refractivity (Wildman–Crippen MR) is 120 cm³/mol. The zero-order valence-electron chi connectivity index (χ0n) is 18.1. The van der Waals surface area contributed by atoms with Gasteiger partial charge < -0.3 is 24.3 Å². The van der Waals surface area contributed by atoms with Crippen LogP contribution in [0.2, 0.25) is 0 Å². The molecule has 0 spiro atoms. The van der Waals surface area contributed by atoms with Gasteiger partial charge in [-0.2, -0.15) is 0 Å². The Morgan fingerprint density at radius 3 is 2.41 bits per heavy atom. The van der Waals surface area contributed by atoms with Crippen LogP contribution in [0, 0.1) is 0 Å². The van der Waals surface area contributed by atoms with Gasteiger partial charge in [-0.15, -0.1) is 0 Å². The molecule has 3 rings (SSSR count). The van der Waals surface area contributed by atoms with Crippen molar-refractivity contribution in [1.29, 1.82) is 0 Å². The van der Waals surface area contributed by atoms with Gasteiger partial charge in [0, 0.05) is 19.5 Å². The molecule has 2 aromatic carbocycles. The molecule has 0 fully saturated rings. The van der Waals surface area contributed by atoms with Crippen LogP contribution in [-0.2, 0) is 33.7 Å². The number of amides is 2. The second-order valence-electron chi connectivity index (χ2n) is 7.92. The Kier molecular flexibility index (Phi) is 8.07. The van der Waals surface area contributed by atoms with E-state index >= 15 is 0 Å². The summed E-state index contributed by atoms with van der Waals surface area (Å²) in [6, 6.07) is 15.4. The van der Waals surface area contributed by atoms with Crippen molar-refractivity contribution < 1.29 is 28.7 Å². The maximum Gasteiger partial charge on any atom is 0.344 e. The van der Waals surface area contributed by atoms with Gasteiger partial charge in [-0.1, -0.05) is 67.9 Å². The first-order valence-corrected chi connectivity index (χ1v) is 12.5. The summed E-state index contributed by atoms with van der Waals surface area (Å²) < 4.78 is 17.2. The van der Waals surface area contributed by atoms with E-state index in [9.17, 15) is 23.9 Å². The average molecular weight is 460 g/mol. The molecule has 0 saturated carbocycles. The molecule has 8 nitrogen and oxygen atoms in total. The molecule has 0 aliphatic carbocycles. The summed E-state index contributed by atoms with van der Waals surface area (Å²) in [7, 11) is -4.47. The van der Waals surface area contributed by atoms with Crippen molar-refractivity contribution in [3.05, 3.63) is 71.3 Å². The summed E-state index contributed by atoms with van der Waals surface area (Å²) in [6.45, 7) is 2.39. The van der Waals surface area contributed by atoms with Crippen molar-refractivity contribution in [3.8, 4) is 0 Å². The molecule has 2 N–H and O–H groups in total. The van der Waals surface area contributed by atoms with Crippen molar-refractivity contribution >= 4 is 19.6 Å². The van der Waals surface area contributed by atoms with Gasteiger partial charge in [0.2, 0.25) is 0 Å². The summed E-state index contributed by atoms with van der Waals surface area (Å²) in [6.07, 6.45) is 0.957. The fourth-order valence-corrected chi connectivity index (χ4v) is 4.45. The van der Waals surface area contributed by atoms with Crippen molar-refractivity contribution in [1.82, 2.24) is 9.80 Å². The van der Waals surface area contributed by atoms with Crippen LogP contribution in [-0.4, -0.2) is 50.5 Å². The van der Waals surface area contributed by atoms with Gasteiger partial charge in [-0.3, -0.25) is 4.57 Å². The van der Waals surface area contributed by atoms with Crippen molar-refractivity contribution in [3.63, 3.8) is 0 Å². The van der Waals surface area contributed by atoms with Crippen LogP contribution in [0.15, 0.2) is 54.6 Å². The molecule has 0 aromatic heterocycles. The second-order valence-corrected chi connectivity index (χ2v) is 9.53. The van der Waals surface area contributed by atoms with Crippen LogP contribution in [0.4, 0.5) is 4.79 Å². The molecule has 0 unspecified atom stereocenters. The number of carbonyl (C=O) groups is 2. The summed E-state index contributed by atoms with van der Waals surface area (Å²) in [5, 5.41) is 0. The van der Waals surface area contributed by atoms with Crippen LogP contribution in [0.1, 0.15) is 36.5 Å². The van der Waals surface area contributed by atoms with Gasteiger partial charge >= 0.3 is 19.6 Å². The van der Waals surface area contributed by atoms with E-state index < -0.39 is 31.9 Å². The molecule has 2 aromatic rings. The number of fused-ring (bicyclic) bond motifs is 1. The number of ether oxygens (including phenoxy) is 1. The molecule has 1 aliphatic rings. The van der Waals surface area contributed by atoms with Gasteiger partial charge in [0.1, 0.15) is 18.9 Å². The van der Waals surface area contributed by atoms with Crippen molar-refractivity contribution in [2.45, 2.75) is 45.4 Å². The molecule has 172 valence electrons. The van der Waals surface area contributed by atoms with Gasteiger partial charge in [-0.25, -0.2) is 9.59 Å². The molecule has 2 amide bonds. The first-order chi connectivity index (χ1) is 15.3. The lowest BCUT2D eigenvalue weighted by atomic mass is 9.94. The van der Waals surface area contributed by atoms with E-state index in [1.54, 1.807) is 0 Å². The zero-order chi connectivity index (χ0) is 23.1. The molecule has 1 heterocycles. The number of nitrogens with zero attached hydrogens (tertiary/aromatic N) is 2. The third-order valence-electron chi connectivity index (χ3n) is 5.40. The molecule has 32 heavy (non-hydrogen) atoms. The molecular formula is C23H29N2O6P. The maximum atomic E-state index is 13.4. The fourth-order valence-electron chi connectivity index (χ4n) is 3.74. The molecule has 9 heteroatoms.